The van der Waals surface area contributed by atoms with Gasteiger partial charge in [0, 0.05) is 58.1 Å². The third kappa shape index (κ3) is 3.82. The van der Waals surface area contributed by atoms with Gasteiger partial charge in [0.1, 0.15) is 5.82 Å². The summed E-state index contributed by atoms with van der Waals surface area (Å²) in [5.74, 6) is 0.932. The third-order valence-corrected chi connectivity index (χ3v) is 4.67. The molecular formula is C17H26N8O. The molecule has 0 radical (unpaired) electrons. The van der Waals surface area contributed by atoms with E-state index in [2.05, 4.69) is 30.4 Å². The van der Waals surface area contributed by atoms with Crippen molar-refractivity contribution in [1.29, 1.82) is 0 Å². The molecule has 1 amide bonds. The smallest absolute Gasteiger partial charge is 0.291 e. The number of nitrogens with one attached hydrogen (secondary N) is 1. The number of aromatic nitrogens is 5. The summed E-state index contributed by atoms with van der Waals surface area (Å²) in [6.07, 6.45) is 2.79. The van der Waals surface area contributed by atoms with Crippen LogP contribution in [0, 0.1) is 13.8 Å². The fourth-order valence-corrected chi connectivity index (χ4v) is 3.05. The molecular weight excluding hydrogens is 332 g/mol. The Morgan fingerprint density at radius 3 is 2.77 bits per heavy atom. The Bertz CT molecular complexity index is 800. The van der Waals surface area contributed by atoms with E-state index in [0.717, 1.165) is 42.3 Å². The summed E-state index contributed by atoms with van der Waals surface area (Å²) in [5, 5.41) is 11.9. The Balaban J connectivity index is 1.70. The van der Waals surface area contributed by atoms with Gasteiger partial charge in [-0.1, -0.05) is 0 Å². The predicted molar refractivity (Wildman–Crippen MR) is 98.0 cm³/mol. The van der Waals surface area contributed by atoms with Crippen LogP contribution in [0.5, 0.6) is 0 Å². The maximum absolute atomic E-state index is 12.3. The van der Waals surface area contributed by atoms with Gasteiger partial charge in [-0.15, -0.1) is 0 Å². The largest absolute Gasteiger partial charge is 0.355 e. The monoisotopic (exact) mass is 358 g/mol. The molecule has 1 aliphatic heterocycles. The van der Waals surface area contributed by atoms with Crippen molar-refractivity contribution in [2.24, 2.45) is 7.05 Å². The van der Waals surface area contributed by atoms with Gasteiger partial charge in [-0.05, 0) is 20.3 Å². The number of rotatable bonds is 5. The van der Waals surface area contributed by atoms with E-state index in [1.807, 2.05) is 20.9 Å². The fraction of sp³-hybridized carbons (Fsp3) is 0.588. The van der Waals surface area contributed by atoms with E-state index in [0.29, 0.717) is 12.6 Å². The quantitative estimate of drug-likeness (QED) is 0.821. The Kier molecular flexibility index (Phi) is 5.17. The maximum atomic E-state index is 12.3. The molecule has 140 valence electrons. The zero-order valence-electron chi connectivity index (χ0n) is 16.0. The van der Waals surface area contributed by atoms with Crippen molar-refractivity contribution < 1.29 is 4.79 Å². The second-order valence-corrected chi connectivity index (χ2v) is 6.92. The van der Waals surface area contributed by atoms with Crippen molar-refractivity contribution in [1.82, 2.24) is 35.2 Å². The molecule has 1 saturated heterocycles. The van der Waals surface area contributed by atoms with Gasteiger partial charge in [0.25, 0.3) is 5.91 Å². The van der Waals surface area contributed by atoms with E-state index in [9.17, 15) is 4.79 Å². The van der Waals surface area contributed by atoms with Crippen LogP contribution in [0.1, 0.15) is 34.0 Å². The van der Waals surface area contributed by atoms with Crippen LogP contribution in [0.3, 0.4) is 0 Å². The number of carbonyl (C=O) groups is 1. The summed E-state index contributed by atoms with van der Waals surface area (Å²) in [7, 11) is 5.24. The standard InChI is InChI=1S/C17H26N8O/c1-11-12(2)20-15(17(26)23(3)4)21-16(11)25-7-6-13(10-25)18-8-14-9-19-24(5)22-14/h9,13,18H,6-8,10H2,1-5H3/t13-/m1/s1. The van der Waals surface area contributed by atoms with Crippen LogP contribution in [-0.2, 0) is 13.6 Å². The molecule has 0 spiro atoms. The molecule has 3 rings (SSSR count). The number of nitrogens with zero attached hydrogens (tertiary/aromatic N) is 7. The molecule has 1 fully saturated rings. The second-order valence-electron chi connectivity index (χ2n) is 6.92. The van der Waals surface area contributed by atoms with Crippen molar-refractivity contribution in [2.75, 3.05) is 32.1 Å². The molecule has 1 N–H and O–H groups in total. The highest BCUT2D eigenvalue weighted by Crippen LogP contribution is 2.24. The van der Waals surface area contributed by atoms with E-state index < -0.39 is 0 Å². The number of hydrogen-bond donors (Lipinski definition) is 1. The Labute approximate surface area is 153 Å². The lowest BCUT2D eigenvalue weighted by Crippen LogP contribution is -2.33. The number of aryl methyl sites for hydroxylation is 2. The zero-order chi connectivity index (χ0) is 18.8. The van der Waals surface area contributed by atoms with Crippen LogP contribution in [0.4, 0.5) is 5.82 Å². The number of carbonyl (C=O) groups excluding carboxylic acids is 1. The van der Waals surface area contributed by atoms with Crippen molar-refractivity contribution in [3.8, 4) is 0 Å². The summed E-state index contributed by atoms with van der Waals surface area (Å²) < 4.78 is 0. The molecule has 0 bridgehead atoms. The van der Waals surface area contributed by atoms with E-state index in [1.54, 1.807) is 25.1 Å². The summed E-state index contributed by atoms with van der Waals surface area (Å²) in [5.41, 5.74) is 2.80. The Hall–Kier alpha value is -2.55. The SMILES string of the molecule is Cc1nc(C(=O)N(C)C)nc(N2CC[C@@H](NCc3cnn(C)n3)C2)c1C. The number of hydrogen-bond acceptors (Lipinski definition) is 7. The van der Waals surface area contributed by atoms with Crippen molar-refractivity contribution in [2.45, 2.75) is 32.9 Å². The molecule has 26 heavy (non-hydrogen) atoms. The van der Waals surface area contributed by atoms with Crippen LogP contribution >= 0.6 is 0 Å². The van der Waals surface area contributed by atoms with Crippen LogP contribution in [0.25, 0.3) is 0 Å². The van der Waals surface area contributed by atoms with Gasteiger partial charge in [0.15, 0.2) is 0 Å². The topological polar surface area (TPSA) is 92.1 Å². The highest BCUT2D eigenvalue weighted by molar-refractivity contribution is 5.90. The van der Waals surface area contributed by atoms with E-state index in [4.69, 9.17) is 0 Å². The lowest BCUT2D eigenvalue weighted by Gasteiger charge is -2.22. The minimum atomic E-state index is -0.175. The Morgan fingerprint density at radius 1 is 1.35 bits per heavy atom. The Morgan fingerprint density at radius 2 is 2.12 bits per heavy atom. The van der Waals surface area contributed by atoms with Crippen LogP contribution in [0.15, 0.2) is 6.20 Å². The molecule has 2 aromatic heterocycles. The molecule has 0 aromatic carbocycles. The lowest BCUT2D eigenvalue weighted by molar-refractivity contribution is 0.0815. The van der Waals surface area contributed by atoms with E-state index in [-0.39, 0.29) is 11.7 Å². The summed E-state index contributed by atoms with van der Waals surface area (Å²) >= 11 is 0. The zero-order valence-corrected chi connectivity index (χ0v) is 16.0. The van der Waals surface area contributed by atoms with E-state index in [1.165, 1.54) is 4.90 Å². The van der Waals surface area contributed by atoms with Gasteiger partial charge in [-0.3, -0.25) is 4.79 Å². The number of amides is 1. The van der Waals surface area contributed by atoms with Gasteiger partial charge in [0.2, 0.25) is 5.82 Å². The van der Waals surface area contributed by atoms with E-state index >= 15 is 0 Å². The summed E-state index contributed by atoms with van der Waals surface area (Å²) in [6, 6.07) is 0.347. The van der Waals surface area contributed by atoms with Crippen molar-refractivity contribution in [3.63, 3.8) is 0 Å². The molecule has 1 aliphatic rings. The molecule has 3 heterocycles. The number of anilines is 1. The first-order chi connectivity index (χ1) is 12.3. The fourth-order valence-electron chi connectivity index (χ4n) is 3.05. The molecule has 0 saturated carbocycles. The first kappa shape index (κ1) is 18.2. The highest BCUT2D eigenvalue weighted by Gasteiger charge is 2.26. The van der Waals surface area contributed by atoms with Gasteiger partial charge in [-0.25, -0.2) is 9.97 Å². The average Bonchev–Trinajstić information content (AvgIpc) is 3.23. The molecule has 2 aromatic rings. The maximum Gasteiger partial charge on any atom is 0.291 e. The first-order valence-corrected chi connectivity index (χ1v) is 8.75. The molecule has 9 heteroatoms. The third-order valence-electron chi connectivity index (χ3n) is 4.67. The van der Waals surface area contributed by atoms with Gasteiger partial charge in [-0.2, -0.15) is 15.0 Å². The van der Waals surface area contributed by atoms with Gasteiger partial charge >= 0.3 is 0 Å². The highest BCUT2D eigenvalue weighted by atomic mass is 16.2. The molecule has 0 aliphatic carbocycles. The second kappa shape index (κ2) is 7.36. The van der Waals surface area contributed by atoms with Crippen LogP contribution < -0.4 is 10.2 Å². The van der Waals surface area contributed by atoms with Crippen molar-refractivity contribution in [3.05, 3.63) is 29.0 Å². The molecule has 9 nitrogen and oxygen atoms in total. The molecule has 1 atom stereocenters. The van der Waals surface area contributed by atoms with Crippen molar-refractivity contribution >= 4 is 11.7 Å². The average molecular weight is 358 g/mol. The predicted octanol–water partition coefficient (Wildman–Crippen LogP) is 0.292. The van der Waals surface area contributed by atoms with Crippen LogP contribution in [-0.4, -0.2) is 69.0 Å². The van der Waals surface area contributed by atoms with Crippen LogP contribution in [0.2, 0.25) is 0 Å². The molecule has 0 unspecified atom stereocenters. The normalized spacial score (nSPS) is 17.0. The minimum Gasteiger partial charge on any atom is -0.355 e. The lowest BCUT2D eigenvalue weighted by atomic mass is 10.2. The summed E-state index contributed by atoms with van der Waals surface area (Å²) in [4.78, 5) is 26.5. The minimum absolute atomic E-state index is 0.175. The first-order valence-electron chi connectivity index (χ1n) is 8.75. The van der Waals surface area contributed by atoms with Gasteiger partial charge < -0.3 is 15.1 Å². The summed E-state index contributed by atoms with van der Waals surface area (Å²) in [6.45, 7) is 6.36. The van der Waals surface area contributed by atoms with Gasteiger partial charge in [0.05, 0.1) is 11.9 Å².